The van der Waals surface area contributed by atoms with Crippen LogP contribution in [0.5, 0.6) is 11.5 Å². The molecule has 0 radical (unpaired) electrons. The van der Waals surface area contributed by atoms with Gasteiger partial charge in [-0.3, -0.25) is 9.59 Å². The molecule has 0 saturated carbocycles. The molecule has 0 spiro atoms. The maximum absolute atomic E-state index is 12.6. The van der Waals surface area contributed by atoms with Crippen LogP contribution in [0.4, 0.5) is 10.8 Å². The normalized spacial score (nSPS) is 10.2. The predicted octanol–water partition coefficient (Wildman–Crippen LogP) is 4.21. The summed E-state index contributed by atoms with van der Waals surface area (Å²) in [4.78, 5) is 23.8. The van der Waals surface area contributed by atoms with Gasteiger partial charge in [0.1, 0.15) is 11.5 Å². The molecular formula is C19H16N4O4S3. The van der Waals surface area contributed by atoms with Crippen LogP contribution in [0.1, 0.15) is 17.3 Å². The average molecular weight is 461 g/mol. The molecule has 1 heterocycles. The highest BCUT2D eigenvalue weighted by molar-refractivity contribution is 8.15. The monoisotopic (exact) mass is 460 g/mol. The lowest BCUT2D eigenvalue weighted by molar-refractivity contribution is -0.131. The number of nitrogens with zero attached hydrogens (tertiary/aromatic N) is 2. The van der Waals surface area contributed by atoms with Crippen LogP contribution in [0.3, 0.4) is 0 Å². The number of hydrogen-bond donors (Lipinski definition) is 2. The fourth-order valence-electron chi connectivity index (χ4n) is 2.25. The van der Waals surface area contributed by atoms with Gasteiger partial charge < -0.3 is 20.1 Å². The van der Waals surface area contributed by atoms with Gasteiger partial charge in [0.05, 0.1) is 12.7 Å². The molecule has 11 heteroatoms. The van der Waals surface area contributed by atoms with Crippen molar-refractivity contribution in [2.24, 2.45) is 0 Å². The Kier molecular flexibility index (Phi) is 7.33. The number of carbonyl (C=O) groups excluding carboxylic acids is 2. The fraction of sp³-hybridized carbons (Fsp3) is 0.105. The molecule has 3 aromatic rings. The quantitative estimate of drug-likeness (QED) is 0.241. The number of para-hydroxylation sites is 1. The molecule has 0 aliphatic carbocycles. The first-order valence-corrected chi connectivity index (χ1v) is 10.5. The van der Waals surface area contributed by atoms with Gasteiger partial charge in [0.15, 0.2) is 9.45 Å². The third kappa shape index (κ3) is 5.99. The highest BCUT2D eigenvalue weighted by Crippen LogP contribution is 2.31. The molecule has 1 aromatic heterocycles. The number of aromatic nitrogens is 2. The van der Waals surface area contributed by atoms with Crippen molar-refractivity contribution in [3.63, 3.8) is 0 Å². The van der Waals surface area contributed by atoms with Crippen molar-refractivity contribution in [2.45, 2.75) is 11.3 Å². The average Bonchev–Trinajstić information content (AvgIpc) is 3.15. The Morgan fingerprint density at radius 3 is 2.50 bits per heavy atom. The van der Waals surface area contributed by atoms with Gasteiger partial charge in [-0.15, -0.1) is 10.2 Å². The van der Waals surface area contributed by atoms with E-state index in [1.165, 1.54) is 18.3 Å². The minimum absolute atomic E-state index is 0.204. The summed E-state index contributed by atoms with van der Waals surface area (Å²) in [5.41, 5.74) is 1.06. The number of nitrogens with one attached hydrogen (secondary N) is 2. The van der Waals surface area contributed by atoms with Gasteiger partial charge in [-0.05, 0) is 60.4 Å². The van der Waals surface area contributed by atoms with E-state index in [9.17, 15) is 9.59 Å². The highest BCUT2D eigenvalue weighted by atomic mass is 32.2. The van der Waals surface area contributed by atoms with Gasteiger partial charge in [0.2, 0.25) is 10.2 Å². The van der Waals surface area contributed by atoms with E-state index in [1.807, 2.05) is 24.3 Å². The van der Waals surface area contributed by atoms with Crippen LogP contribution in [-0.4, -0.2) is 33.5 Å². The van der Waals surface area contributed by atoms with Crippen LogP contribution >= 0.6 is 35.3 Å². The summed E-state index contributed by atoms with van der Waals surface area (Å²) < 4.78 is 10.6. The molecule has 8 nitrogen and oxygen atoms in total. The Labute approximate surface area is 186 Å². The highest BCUT2D eigenvalue weighted by Gasteiger charge is 2.18. The summed E-state index contributed by atoms with van der Waals surface area (Å²) in [6.45, 7) is 1.28. The third-order valence-corrected chi connectivity index (χ3v) is 5.51. The zero-order valence-corrected chi connectivity index (χ0v) is 18.3. The van der Waals surface area contributed by atoms with Crippen LogP contribution in [0.2, 0.25) is 0 Å². The number of thiocarbonyl (C=S) groups is 1. The molecule has 0 fully saturated rings. The standard InChI is InChI=1S/C19H16N4O4S3/c1-11(24)27-15-6-4-3-5-14(15)16(25)29-19-23-22-18(30-19)21-17(28)20-12-7-9-13(26-2)10-8-12/h3-10H,1-2H3,(H2,20,21,22,28). The van der Waals surface area contributed by atoms with E-state index in [-0.39, 0.29) is 16.4 Å². The second-order valence-electron chi connectivity index (χ2n) is 5.66. The fourth-order valence-corrected chi connectivity index (χ4v) is 4.16. The van der Waals surface area contributed by atoms with Gasteiger partial charge in [0.25, 0.3) is 0 Å². The molecule has 2 N–H and O–H groups in total. The number of anilines is 2. The topological polar surface area (TPSA) is 102 Å². The van der Waals surface area contributed by atoms with Crippen LogP contribution < -0.4 is 20.1 Å². The SMILES string of the molecule is COc1ccc(NC(=S)Nc2nnc(SC(=O)c3ccccc3OC(C)=O)s2)cc1. The van der Waals surface area contributed by atoms with E-state index in [4.69, 9.17) is 21.7 Å². The van der Waals surface area contributed by atoms with Gasteiger partial charge >= 0.3 is 5.97 Å². The molecule has 0 unspecified atom stereocenters. The summed E-state index contributed by atoms with van der Waals surface area (Å²) in [5, 5.41) is 14.4. The lowest BCUT2D eigenvalue weighted by atomic mass is 10.2. The number of ether oxygens (including phenoxy) is 2. The molecule has 30 heavy (non-hydrogen) atoms. The Hall–Kier alpha value is -3.02. The lowest BCUT2D eigenvalue weighted by Gasteiger charge is -2.08. The molecule has 0 bridgehead atoms. The maximum Gasteiger partial charge on any atom is 0.308 e. The third-order valence-electron chi connectivity index (χ3n) is 3.52. The number of methoxy groups -OCH3 is 1. The molecule has 3 rings (SSSR count). The van der Waals surface area contributed by atoms with E-state index >= 15 is 0 Å². The minimum atomic E-state index is -0.500. The molecule has 0 aliphatic heterocycles. The number of hydrogen-bond acceptors (Lipinski definition) is 9. The van der Waals surface area contributed by atoms with Crippen LogP contribution in [0, 0.1) is 0 Å². The van der Waals surface area contributed by atoms with Crippen molar-refractivity contribution in [2.75, 3.05) is 17.7 Å². The van der Waals surface area contributed by atoms with Crippen molar-refractivity contribution in [1.29, 1.82) is 0 Å². The molecular weight excluding hydrogens is 444 g/mol. The molecule has 0 saturated heterocycles. The zero-order chi connectivity index (χ0) is 21.5. The first-order chi connectivity index (χ1) is 14.4. The smallest absolute Gasteiger partial charge is 0.308 e. The molecule has 0 atom stereocenters. The molecule has 154 valence electrons. The Balaban J connectivity index is 1.60. The van der Waals surface area contributed by atoms with Crippen molar-refractivity contribution in [1.82, 2.24) is 10.2 Å². The molecule has 0 amide bonds. The number of benzene rings is 2. The number of thioether (sulfide) groups is 1. The Morgan fingerprint density at radius 1 is 1.07 bits per heavy atom. The van der Waals surface area contributed by atoms with E-state index in [1.54, 1.807) is 31.4 Å². The summed E-state index contributed by atoms with van der Waals surface area (Å²) in [6.07, 6.45) is 0. The number of carbonyl (C=O) groups is 2. The first-order valence-electron chi connectivity index (χ1n) is 8.50. The molecule has 0 aliphatic rings. The number of rotatable bonds is 6. The van der Waals surface area contributed by atoms with E-state index < -0.39 is 5.97 Å². The van der Waals surface area contributed by atoms with Crippen LogP contribution in [-0.2, 0) is 4.79 Å². The molecule has 2 aromatic carbocycles. The van der Waals surface area contributed by atoms with Crippen molar-refractivity contribution in [3.8, 4) is 11.5 Å². The summed E-state index contributed by atoms with van der Waals surface area (Å²) in [5.74, 6) is 0.445. The van der Waals surface area contributed by atoms with Gasteiger partial charge in [-0.2, -0.15) is 0 Å². The van der Waals surface area contributed by atoms with Crippen molar-refractivity contribution >= 4 is 62.3 Å². The summed E-state index contributed by atoms with van der Waals surface area (Å²) >= 11 is 7.34. The predicted molar refractivity (Wildman–Crippen MR) is 121 cm³/mol. The maximum atomic E-state index is 12.6. The van der Waals surface area contributed by atoms with Crippen LogP contribution in [0.15, 0.2) is 52.9 Å². The Morgan fingerprint density at radius 2 is 1.80 bits per heavy atom. The largest absolute Gasteiger partial charge is 0.497 e. The van der Waals surface area contributed by atoms with Gasteiger partial charge in [-0.25, -0.2) is 0 Å². The van der Waals surface area contributed by atoms with Crippen molar-refractivity contribution in [3.05, 3.63) is 54.1 Å². The van der Waals surface area contributed by atoms with E-state index in [0.29, 0.717) is 14.6 Å². The van der Waals surface area contributed by atoms with Crippen molar-refractivity contribution < 1.29 is 19.1 Å². The van der Waals surface area contributed by atoms with Gasteiger partial charge in [0, 0.05) is 12.6 Å². The zero-order valence-electron chi connectivity index (χ0n) is 15.9. The minimum Gasteiger partial charge on any atom is -0.497 e. The van der Waals surface area contributed by atoms with Crippen LogP contribution in [0.25, 0.3) is 0 Å². The van der Waals surface area contributed by atoms with E-state index in [0.717, 1.165) is 23.2 Å². The first kappa shape index (κ1) is 21.7. The Bertz CT molecular complexity index is 1070. The number of esters is 1. The lowest BCUT2D eigenvalue weighted by Crippen LogP contribution is -2.18. The summed E-state index contributed by atoms with van der Waals surface area (Å²) in [7, 11) is 1.60. The summed E-state index contributed by atoms with van der Waals surface area (Å²) in [6, 6.07) is 13.8. The second-order valence-corrected chi connectivity index (χ2v) is 8.27. The van der Waals surface area contributed by atoms with E-state index in [2.05, 4.69) is 20.8 Å². The second kappa shape index (κ2) is 10.1. The van der Waals surface area contributed by atoms with Gasteiger partial charge in [-0.1, -0.05) is 23.5 Å².